The van der Waals surface area contributed by atoms with Gasteiger partial charge in [0.15, 0.2) is 0 Å². The van der Waals surface area contributed by atoms with Crippen molar-refractivity contribution < 1.29 is 9.21 Å². The van der Waals surface area contributed by atoms with E-state index in [0.717, 1.165) is 0 Å². The van der Waals surface area contributed by atoms with Crippen molar-refractivity contribution in [3.8, 4) is 0 Å². The molecule has 0 spiro atoms. The van der Waals surface area contributed by atoms with Crippen molar-refractivity contribution in [2.24, 2.45) is 0 Å². The minimum absolute atomic E-state index is 0.183. The Hall–Kier alpha value is -1.29. The van der Waals surface area contributed by atoms with Crippen LogP contribution in [-0.4, -0.2) is 11.9 Å². The first-order valence-electron chi connectivity index (χ1n) is 3.78. The van der Waals surface area contributed by atoms with Crippen LogP contribution < -0.4 is 10.9 Å². The third-order valence-electron chi connectivity index (χ3n) is 1.26. The van der Waals surface area contributed by atoms with Crippen LogP contribution in [0.3, 0.4) is 0 Å². The van der Waals surface area contributed by atoms with Gasteiger partial charge in [0.1, 0.15) is 6.26 Å². The Balaban J connectivity index is 2.40. The van der Waals surface area contributed by atoms with Gasteiger partial charge in [-0.2, -0.15) is 0 Å². The molecule has 1 amide bonds. The Morgan fingerprint density at radius 2 is 2.33 bits per heavy atom. The van der Waals surface area contributed by atoms with Gasteiger partial charge in [-0.25, -0.2) is 5.43 Å². The molecule has 1 aromatic rings. The highest BCUT2D eigenvalue weighted by molar-refractivity contribution is 5.93. The van der Waals surface area contributed by atoms with Crippen LogP contribution in [0.15, 0.2) is 23.0 Å². The first kappa shape index (κ1) is 8.80. The van der Waals surface area contributed by atoms with Crippen LogP contribution in [0.5, 0.6) is 0 Å². The maximum Gasteiger partial charge on any atom is 0.268 e. The molecule has 0 radical (unpaired) electrons. The second-order valence-electron chi connectivity index (χ2n) is 2.77. The number of rotatable bonds is 3. The van der Waals surface area contributed by atoms with E-state index in [-0.39, 0.29) is 11.9 Å². The lowest BCUT2D eigenvalue weighted by Gasteiger charge is -2.07. The van der Waals surface area contributed by atoms with Crippen LogP contribution >= 0.6 is 0 Å². The number of amides is 1. The molecule has 0 aliphatic carbocycles. The summed E-state index contributed by atoms with van der Waals surface area (Å²) in [6.07, 6.45) is 2.86. The summed E-state index contributed by atoms with van der Waals surface area (Å²) in [5.41, 5.74) is 5.84. The minimum Gasteiger partial charge on any atom is -0.472 e. The molecule has 4 heteroatoms. The largest absolute Gasteiger partial charge is 0.472 e. The second kappa shape index (κ2) is 3.92. The summed E-state index contributed by atoms with van der Waals surface area (Å²) in [6, 6.07) is 1.83. The Bertz CT molecular complexity index is 242. The van der Waals surface area contributed by atoms with Crippen molar-refractivity contribution in [3.63, 3.8) is 0 Å². The number of carbonyl (C=O) groups is 1. The molecule has 1 aromatic heterocycles. The van der Waals surface area contributed by atoms with E-state index < -0.39 is 0 Å². The van der Waals surface area contributed by atoms with Gasteiger partial charge in [-0.1, -0.05) is 0 Å². The highest BCUT2D eigenvalue weighted by Gasteiger charge is 2.05. The minimum atomic E-state index is -0.183. The molecule has 0 aliphatic heterocycles. The fourth-order valence-electron chi connectivity index (χ4n) is 0.676. The van der Waals surface area contributed by atoms with Crippen LogP contribution in [0, 0.1) is 0 Å². The Morgan fingerprint density at radius 1 is 1.58 bits per heavy atom. The van der Waals surface area contributed by atoms with Gasteiger partial charge in [-0.15, -0.1) is 0 Å². The smallest absolute Gasteiger partial charge is 0.268 e. The molecule has 4 nitrogen and oxygen atoms in total. The number of nitrogens with one attached hydrogen (secondary N) is 2. The average Bonchev–Trinajstić information content (AvgIpc) is 2.51. The first-order chi connectivity index (χ1) is 5.70. The van der Waals surface area contributed by atoms with Gasteiger partial charge in [0.05, 0.1) is 11.8 Å². The van der Waals surface area contributed by atoms with E-state index in [1.807, 2.05) is 13.8 Å². The molecule has 12 heavy (non-hydrogen) atoms. The molecule has 0 bridgehead atoms. The van der Waals surface area contributed by atoms with E-state index in [1.54, 1.807) is 6.07 Å². The van der Waals surface area contributed by atoms with E-state index in [9.17, 15) is 4.79 Å². The quantitative estimate of drug-likeness (QED) is 0.660. The van der Waals surface area contributed by atoms with Crippen LogP contribution in [0.25, 0.3) is 0 Å². The maximum absolute atomic E-state index is 11.2. The van der Waals surface area contributed by atoms with Gasteiger partial charge in [0, 0.05) is 6.04 Å². The molecule has 1 heterocycles. The lowest BCUT2D eigenvalue weighted by Crippen LogP contribution is -2.41. The fourth-order valence-corrected chi connectivity index (χ4v) is 0.676. The molecule has 1 rings (SSSR count). The summed E-state index contributed by atoms with van der Waals surface area (Å²) in [5, 5.41) is 0. The van der Waals surface area contributed by atoms with Crippen molar-refractivity contribution in [1.82, 2.24) is 10.9 Å². The van der Waals surface area contributed by atoms with Gasteiger partial charge >= 0.3 is 0 Å². The van der Waals surface area contributed by atoms with Crippen molar-refractivity contribution in [2.45, 2.75) is 19.9 Å². The molecule has 0 unspecified atom stereocenters. The summed E-state index contributed by atoms with van der Waals surface area (Å²) >= 11 is 0. The van der Waals surface area contributed by atoms with Gasteiger partial charge in [0.25, 0.3) is 5.91 Å². The molecule has 0 saturated carbocycles. The molecule has 2 N–H and O–H groups in total. The second-order valence-corrected chi connectivity index (χ2v) is 2.77. The lowest BCUT2D eigenvalue weighted by atomic mass is 10.3. The number of furan rings is 1. The zero-order valence-electron chi connectivity index (χ0n) is 7.13. The molecule has 0 atom stereocenters. The SMILES string of the molecule is CC(C)NNC(=O)c1ccoc1. The van der Waals surface area contributed by atoms with Crippen molar-refractivity contribution >= 4 is 5.91 Å². The zero-order chi connectivity index (χ0) is 8.97. The number of hydrogen-bond donors (Lipinski definition) is 2. The molecule has 0 fully saturated rings. The molecule has 0 aliphatic rings. The summed E-state index contributed by atoms with van der Waals surface area (Å²) < 4.78 is 4.75. The number of carbonyl (C=O) groups excluding carboxylic acids is 1. The Kier molecular flexibility index (Phi) is 2.88. The molecular weight excluding hydrogens is 156 g/mol. The topological polar surface area (TPSA) is 54.3 Å². The van der Waals surface area contributed by atoms with E-state index in [4.69, 9.17) is 4.42 Å². The monoisotopic (exact) mass is 168 g/mol. The summed E-state index contributed by atoms with van der Waals surface area (Å²) in [6.45, 7) is 3.88. The highest BCUT2D eigenvalue weighted by Crippen LogP contribution is 1.97. The predicted octanol–water partition coefficient (Wildman–Crippen LogP) is 0.922. The summed E-state index contributed by atoms with van der Waals surface area (Å²) in [5.74, 6) is -0.183. The fraction of sp³-hybridized carbons (Fsp3) is 0.375. The first-order valence-corrected chi connectivity index (χ1v) is 3.78. The molecule has 0 aromatic carbocycles. The maximum atomic E-state index is 11.2. The van der Waals surface area contributed by atoms with E-state index >= 15 is 0 Å². The normalized spacial score (nSPS) is 10.2. The third kappa shape index (κ3) is 2.39. The Labute approximate surface area is 70.9 Å². The van der Waals surface area contributed by atoms with Crippen LogP contribution in [0.1, 0.15) is 24.2 Å². The Morgan fingerprint density at radius 3 is 2.83 bits per heavy atom. The molecule has 0 saturated heterocycles. The predicted molar refractivity (Wildman–Crippen MR) is 44.4 cm³/mol. The van der Waals surface area contributed by atoms with E-state index in [1.165, 1.54) is 12.5 Å². The summed E-state index contributed by atoms with van der Waals surface area (Å²) in [4.78, 5) is 11.2. The van der Waals surface area contributed by atoms with Gasteiger partial charge in [0.2, 0.25) is 0 Å². The molecular formula is C8H12N2O2. The third-order valence-corrected chi connectivity index (χ3v) is 1.26. The molecule has 66 valence electrons. The van der Waals surface area contributed by atoms with Crippen LogP contribution in [0.4, 0.5) is 0 Å². The van der Waals surface area contributed by atoms with Crippen LogP contribution in [0.2, 0.25) is 0 Å². The number of hydrazine groups is 1. The van der Waals surface area contributed by atoms with E-state index in [0.29, 0.717) is 5.56 Å². The van der Waals surface area contributed by atoms with Crippen molar-refractivity contribution in [1.29, 1.82) is 0 Å². The van der Waals surface area contributed by atoms with E-state index in [2.05, 4.69) is 10.9 Å². The standard InChI is InChI=1S/C8H12N2O2/c1-6(2)9-10-8(11)7-3-4-12-5-7/h3-6,9H,1-2H3,(H,10,11). The van der Waals surface area contributed by atoms with Gasteiger partial charge in [-0.05, 0) is 19.9 Å². The van der Waals surface area contributed by atoms with Gasteiger partial charge in [-0.3, -0.25) is 10.2 Å². The average molecular weight is 168 g/mol. The highest BCUT2D eigenvalue weighted by atomic mass is 16.3. The summed E-state index contributed by atoms with van der Waals surface area (Å²) in [7, 11) is 0. The lowest BCUT2D eigenvalue weighted by molar-refractivity contribution is 0.0927. The van der Waals surface area contributed by atoms with Crippen molar-refractivity contribution in [2.75, 3.05) is 0 Å². The van der Waals surface area contributed by atoms with Crippen molar-refractivity contribution in [3.05, 3.63) is 24.2 Å². The van der Waals surface area contributed by atoms with Gasteiger partial charge < -0.3 is 4.42 Å². The number of hydrogen-bond acceptors (Lipinski definition) is 3. The zero-order valence-corrected chi connectivity index (χ0v) is 7.13. The van der Waals surface area contributed by atoms with Crippen LogP contribution in [-0.2, 0) is 0 Å².